The fraction of sp³-hybridized carbons (Fsp3) is 0.385. The SMILES string of the molecule is CC(C)NC(=O)COC(=O)COc1ccc(Cl)cc1. The molecule has 0 aliphatic rings. The second-order valence-corrected chi connectivity index (χ2v) is 4.56. The van der Waals surface area contributed by atoms with Crippen LogP contribution in [0.3, 0.4) is 0 Å². The van der Waals surface area contributed by atoms with Gasteiger partial charge in [-0.2, -0.15) is 0 Å². The average Bonchev–Trinajstić information content (AvgIpc) is 2.35. The molecule has 5 nitrogen and oxygen atoms in total. The lowest BCUT2D eigenvalue weighted by molar-refractivity contribution is -0.150. The second kappa shape index (κ2) is 7.63. The largest absolute Gasteiger partial charge is 0.482 e. The van der Waals surface area contributed by atoms with Crippen molar-refractivity contribution in [3.05, 3.63) is 29.3 Å². The van der Waals surface area contributed by atoms with Crippen LogP contribution in [-0.2, 0) is 14.3 Å². The molecule has 0 heterocycles. The summed E-state index contributed by atoms with van der Waals surface area (Å²) in [6.07, 6.45) is 0. The van der Waals surface area contributed by atoms with Gasteiger partial charge in [0.15, 0.2) is 13.2 Å². The summed E-state index contributed by atoms with van der Waals surface area (Å²) in [7, 11) is 0. The van der Waals surface area contributed by atoms with Gasteiger partial charge in [-0.05, 0) is 38.1 Å². The van der Waals surface area contributed by atoms with Gasteiger partial charge in [0.2, 0.25) is 0 Å². The molecule has 0 aliphatic carbocycles. The van der Waals surface area contributed by atoms with E-state index >= 15 is 0 Å². The number of carbonyl (C=O) groups is 2. The Morgan fingerprint density at radius 2 is 1.84 bits per heavy atom. The van der Waals surface area contributed by atoms with E-state index in [2.05, 4.69) is 5.32 Å². The number of hydrogen-bond donors (Lipinski definition) is 1. The summed E-state index contributed by atoms with van der Waals surface area (Å²) in [5.41, 5.74) is 0. The molecule has 104 valence electrons. The van der Waals surface area contributed by atoms with Crippen molar-refractivity contribution in [2.24, 2.45) is 0 Å². The summed E-state index contributed by atoms with van der Waals surface area (Å²) in [5, 5.41) is 3.19. The Bertz CT molecular complexity index is 431. The van der Waals surface area contributed by atoms with E-state index in [4.69, 9.17) is 21.1 Å². The fourth-order valence-electron chi connectivity index (χ4n) is 1.22. The number of esters is 1. The number of amides is 1. The standard InChI is InChI=1S/C13H16ClNO4/c1-9(2)15-12(16)7-19-13(17)8-18-11-5-3-10(14)4-6-11/h3-6,9H,7-8H2,1-2H3,(H,15,16). The highest BCUT2D eigenvalue weighted by Crippen LogP contribution is 2.15. The van der Waals surface area contributed by atoms with Gasteiger partial charge in [0.1, 0.15) is 5.75 Å². The molecule has 1 aromatic rings. The molecule has 0 bridgehead atoms. The van der Waals surface area contributed by atoms with E-state index in [0.29, 0.717) is 10.8 Å². The normalized spacial score (nSPS) is 10.1. The topological polar surface area (TPSA) is 64.6 Å². The number of rotatable bonds is 6. The fourth-order valence-corrected chi connectivity index (χ4v) is 1.35. The molecule has 1 aromatic carbocycles. The number of ether oxygens (including phenoxy) is 2. The van der Waals surface area contributed by atoms with Crippen molar-refractivity contribution >= 4 is 23.5 Å². The minimum absolute atomic E-state index is 0.0107. The van der Waals surface area contributed by atoms with Crippen LogP contribution in [0.15, 0.2) is 24.3 Å². The molecule has 0 aromatic heterocycles. The van der Waals surface area contributed by atoms with Crippen LogP contribution in [0.1, 0.15) is 13.8 Å². The molecule has 1 rings (SSSR count). The maximum absolute atomic E-state index is 11.3. The van der Waals surface area contributed by atoms with E-state index in [9.17, 15) is 9.59 Å². The van der Waals surface area contributed by atoms with E-state index in [1.807, 2.05) is 13.8 Å². The first-order valence-electron chi connectivity index (χ1n) is 5.80. The maximum atomic E-state index is 11.3. The zero-order valence-corrected chi connectivity index (χ0v) is 11.6. The van der Waals surface area contributed by atoms with Crippen LogP contribution in [0, 0.1) is 0 Å². The molecule has 0 fully saturated rings. The first-order valence-corrected chi connectivity index (χ1v) is 6.18. The van der Waals surface area contributed by atoms with Gasteiger partial charge in [-0.25, -0.2) is 4.79 Å². The van der Waals surface area contributed by atoms with Crippen molar-refractivity contribution in [3.8, 4) is 5.75 Å². The van der Waals surface area contributed by atoms with Gasteiger partial charge in [-0.1, -0.05) is 11.6 Å². The molecular formula is C13H16ClNO4. The van der Waals surface area contributed by atoms with Crippen molar-refractivity contribution < 1.29 is 19.1 Å². The van der Waals surface area contributed by atoms with Crippen LogP contribution in [0.25, 0.3) is 0 Å². The molecular weight excluding hydrogens is 270 g/mol. The average molecular weight is 286 g/mol. The number of nitrogens with one attached hydrogen (secondary N) is 1. The molecule has 0 saturated heterocycles. The number of hydrogen-bond acceptors (Lipinski definition) is 4. The lowest BCUT2D eigenvalue weighted by Crippen LogP contribution is -2.34. The van der Waals surface area contributed by atoms with E-state index in [1.54, 1.807) is 24.3 Å². The molecule has 0 unspecified atom stereocenters. The van der Waals surface area contributed by atoms with Crippen LogP contribution in [-0.4, -0.2) is 31.1 Å². The van der Waals surface area contributed by atoms with E-state index in [0.717, 1.165) is 0 Å². The highest BCUT2D eigenvalue weighted by molar-refractivity contribution is 6.30. The highest BCUT2D eigenvalue weighted by Gasteiger charge is 2.09. The van der Waals surface area contributed by atoms with Crippen molar-refractivity contribution in [1.82, 2.24) is 5.32 Å². The summed E-state index contributed by atoms with van der Waals surface area (Å²) in [6.45, 7) is 3.09. The predicted molar refractivity (Wildman–Crippen MR) is 71.2 cm³/mol. The Balaban J connectivity index is 2.24. The van der Waals surface area contributed by atoms with Gasteiger partial charge in [0, 0.05) is 11.1 Å². The summed E-state index contributed by atoms with van der Waals surface area (Å²) in [6, 6.07) is 6.59. The van der Waals surface area contributed by atoms with Crippen LogP contribution >= 0.6 is 11.6 Å². The maximum Gasteiger partial charge on any atom is 0.344 e. The zero-order valence-electron chi connectivity index (χ0n) is 10.8. The Kier molecular flexibility index (Phi) is 6.15. The van der Waals surface area contributed by atoms with E-state index in [1.165, 1.54) is 0 Å². The quantitative estimate of drug-likeness (QED) is 0.809. The molecule has 0 atom stereocenters. The minimum atomic E-state index is -0.603. The Hall–Kier alpha value is -1.75. The minimum Gasteiger partial charge on any atom is -0.482 e. The Labute approximate surface area is 116 Å². The molecule has 0 radical (unpaired) electrons. The lowest BCUT2D eigenvalue weighted by atomic mass is 10.3. The number of carbonyl (C=O) groups excluding carboxylic acids is 2. The monoisotopic (exact) mass is 285 g/mol. The van der Waals surface area contributed by atoms with Gasteiger partial charge < -0.3 is 14.8 Å². The van der Waals surface area contributed by atoms with Crippen LogP contribution in [0.2, 0.25) is 5.02 Å². The van der Waals surface area contributed by atoms with Gasteiger partial charge in [0.25, 0.3) is 5.91 Å². The summed E-state index contributed by atoms with van der Waals surface area (Å²) < 4.78 is 9.92. The molecule has 1 amide bonds. The van der Waals surface area contributed by atoms with Crippen molar-refractivity contribution in [2.75, 3.05) is 13.2 Å². The first kappa shape index (κ1) is 15.3. The van der Waals surface area contributed by atoms with Crippen molar-refractivity contribution in [2.45, 2.75) is 19.9 Å². The molecule has 6 heteroatoms. The Morgan fingerprint density at radius 1 is 1.21 bits per heavy atom. The van der Waals surface area contributed by atoms with E-state index < -0.39 is 5.97 Å². The van der Waals surface area contributed by atoms with Gasteiger partial charge in [0.05, 0.1) is 0 Å². The third kappa shape index (κ3) is 6.67. The van der Waals surface area contributed by atoms with E-state index in [-0.39, 0.29) is 25.2 Å². The van der Waals surface area contributed by atoms with Crippen LogP contribution < -0.4 is 10.1 Å². The summed E-state index contributed by atoms with van der Waals surface area (Å²) >= 11 is 5.71. The predicted octanol–water partition coefficient (Wildman–Crippen LogP) is 1.79. The van der Waals surface area contributed by atoms with Gasteiger partial charge in [-0.15, -0.1) is 0 Å². The smallest absolute Gasteiger partial charge is 0.344 e. The van der Waals surface area contributed by atoms with Crippen molar-refractivity contribution in [1.29, 1.82) is 0 Å². The van der Waals surface area contributed by atoms with Crippen molar-refractivity contribution in [3.63, 3.8) is 0 Å². The third-order valence-electron chi connectivity index (χ3n) is 1.98. The molecule has 0 saturated carbocycles. The third-order valence-corrected chi connectivity index (χ3v) is 2.24. The zero-order chi connectivity index (χ0) is 14.3. The van der Waals surface area contributed by atoms with Gasteiger partial charge >= 0.3 is 5.97 Å². The summed E-state index contributed by atoms with van der Waals surface area (Å²) in [5.74, 6) is -0.434. The number of benzene rings is 1. The molecule has 0 spiro atoms. The van der Waals surface area contributed by atoms with Crippen LogP contribution in [0.4, 0.5) is 0 Å². The number of halogens is 1. The van der Waals surface area contributed by atoms with Crippen LogP contribution in [0.5, 0.6) is 5.75 Å². The molecule has 0 aliphatic heterocycles. The second-order valence-electron chi connectivity index (χ2n) is 4.13. The summed E-state index contributed by atoms with van der Waals surface area (Å²) in [4.78, 5) is 22.5. The molecule has 19 heavy (non-hydrogen) atoms. The Morgan fingerprint density at radius 3 is 2.42 bits per heavy atom. The molecule has 1 N–H and O–H groups in total. The lowest BCUT2D eigenvalue weighted by Gasteiger charge is -2.09. The van der Waals surface area contributed by atoms with Gasteiger partial charge in [-0.3, -0.25) is 4.79 Å². The highest BCUT2D eigenvalue weighted by atomic mass is 35.5. The first-order chi connectivity index (χ1) is 8.97.